The van der Waals surface area contributed by atoms with E-state index in [9.17, 15) is 29.7 Å². The molecule has 2 amide bonds. The van der Waals surface area contributed by atoms with Gasteiger partial charge in [-0.2, -0.15) is 0 Å². The number of phenols is 2. The highest BCUT2D eigenvalue weighted by Crippen LogP contribution is 2.66. The van der Waals surface area contributed by atoms with E-state index < -0.39 is 29.5 Å². The molecule has 4 N–H and O–H groups in total. The van der Waals surface area contributed by atoms with E-state index in [1.165, 1.54) is 23.1 Å². The number of phenolic OH excluding ortho intramolecular Hbond substituents is 2. The first kappa shape index (κ1) is 29.2. The Bertz CT molecular complexity index is 1130. The summed E-state index contributed by atoms with van der Waals surface area (Å²) in [5, 5.41) is 32.5. The molecule has 1 aromatic carbocycles. The molecule has 2 saturated carbocycles. The van der Waals surface area contributed by atoms with Crippen molar-refractivity contribution in [3.05, 3.63) is 23.8 Å². The fourth-order valence-corrected chi connectivity index (χ4v) is 6.87. The summed E-state index contributed by atoms with van der Waals surface area (Å²) in [5.74, 6) is -1.60. The molecule has 3 fully saturated rings. The summed E-state index contributed by atoms with van der Waals surface area (Å²) in [6.07, 6.45) is 2.46. The summed E-state index contributed by atoms with van der Waals surface area (Å²) >= 11 is 0. The normalized spacial score (nSPS) is 29.2. The SMILES string of the molecule is CC(C)(C)[C@H](NC(=O)[C@H](O)Cc1ccc(O)c(O)c1)C(=O)N1CCC[C@H]1C(=O)OC1CC2CCC1(C)C2(C)C. The number of aliphatic hydroxyl groups excluding tert-OH is 1. The van der Waals surface area contributed by atoms with E-state index >= 15 is 0 Å². The maximum Gasteiger partial charge on any atom is 0.329 e. The number of carbonyl (C=O) groups excluding carboxylic acids is 3. The van der Waals surface area contributed by atoms with Crippen LogP contribution in [0.1, 0.15) is 79.2 Å². The Labute approximate surface area is 230 Å². The molecule has 0 radical (unpaired) electrons. The van der Waals surface area contributed by atoms with Gasteiger partial charge in [0.2, 0.25) is 11.8 Å². The molecule has 0 aromatic heterocycles. The Morgan fingerprint density at radius 3 is 2.38 bits per heavy atom. The first-order valence-electron chi connectivity index (χ1n) is 14.1. The molecule has 39 heavy (non-hydrogen) atoms. The number of benzene rings is 1. The summed E-state index contributed by atoms with van der Waals surface area (Å²) in [6.45, 7) is 12.6. The fraction of sp³-hybridized carbons (Fsp3) is 0.700. The Balaban J connectivity index is 1.43. The summed E-state index contributed by atoms with van der Waals surface area (Å²) in [6, 6.07) is 2.38. The first-order valence-corrected chi connectivity index (χ1v) is 14.1. The molecule has 1 aliphatic heterocycles. The predicted molar refractivity (Wildman–Crippen MR) is 145 cm³/mol. The number of fused-ring (bicyclic) bond motifs is 2. The molecule has 1 saturated heterocycles. The Kier molecular flexibility index (Phi) is 7.71. The zero-order chi connectivity index (χ0) is 28.9. The maximum atomic E-state index is 13.8. The number of ether oxygens (including phenoxy) is 1. The summed E-state index contributed by atoms with van der Waals surface area (Å²) < 4.78 is 6.12. The lowest BCUT2D eigenvalue weighted by Crippen LogP contribution is -2.58. The number of nitrogens with one attached hydrogen (secondary N) is 1. The van der Waals surface area contributed by atoms with Crippen molar-refractivity contribution in [3.8, 4) is 11.5 Å². The minimum absolute atomic E-state index is 0.0763. The average molecular weight is 545 g/mol. The van der Waals surface area contributed by atoms with Crippen LogP contribution in [-0.4, -0.2) is 68.8 Å². The molecule has 1 aromatic rings. The molecule has 216 valence electrons. The van der Waals surface area contributed by atoms with E-state index in [1.54, 1.807) is 0 Å². The number of nitrogens with zero attached hydrogens (tertiary/aromatic N) is 1. The highest BCUT2D eigenvalue weighted by atomic mass is 16.5. The minimum Gasteiger partial charge on any atom is -0.504 e. The van der Waals surface area contributed by atoms with Crippen LogP contribution >= 0.6 is 0 Å². The van der Waals surface area contributed by atoms with Crippen LogP contribution in [0.4, 0.5) is 0 Å². The Hall–Kier alpha value is -2.81. The molecular formula is C30H44N2O7. The molecular weight excluding hydrogens is 500 g/mol. The van der Waals surface area contributed by atoms with Crippen LogP contribution in [0, 0.1) is 22.2 Å². The molecule has 3 aliphatic rings. The van der Waals surface area contributed by atoms with Crippen molar-refractivity contribution in [2.45, 2.75) is 104 Å². The van der Waals surface area contributed by atoms with Crippen molar-refractivity contribution >= 4 is 17.8 Å². The van der Waals surface area contributed by atoms with Crippen LogP contribution in [-0.2, 0) is 25.5 Å². The van der Waals surface area contributed by atoms with Crippen molar-refractivity contribution in [2.75, 3.05) is 6.54 Å². The standard InChI is InChI=1S/C30H44N2O7/c1-28(2,3)24(31-25(36)22(35)15-17-9-10-20(33)21(34)14-17)26(37)32-13-7-8-19(32)27(38)39-23-16-18-11-12-30(23,6)29(18,4)5/h9-10,14,18-19,22-24,33-35H,7-8,11-13,15-16H2,1-6H3,(H,31,36)/t18?,19-,22+,23?,24+,30?/m0/s1. The summed E-state index contributed by atoms with van der Waals surface area (Å²) in [7, 11) is 0. The van der Waals surface area contributed by atoms with Crippen LogP contribution in [0.15, 0.2) is 18.2 Å². The maximum absolute atomic E-state index is 13.8. The molecule has 3 unspecified atom stereocenters. The third kappa shape index (κ3) is 5.34. The Morgan fingerprint density at radius 2 is 1.82 bits per heavy atom. The molecule has 1 heterocycles. The highest BCUT2D eigenvalue weighted by Gasteiger charge is 2.63. The second-order valence-electron chi connectivity index (χ2n) is 13.6. The number of amides is 2. The van der Waals surface area contributed by atoms with Crippen LogP contribution in [0.2, 0.25) is 0 Å². The second kappa shape index (κ2) is 10.3. The Morgan fingerprint density at radius 1 is 1.13 bits per heavy atom. The lowest BCUT2D eigenvalue weighted by Gasteiger charge is -2.39. The van der Waals surface area contributed by atoms with E-state index in [1.807, 2.05) is 20.8 Å². The molecule has 2 aliphatic carbocycles. The van der Waals surface area contributed by atoms with Crippen LogP contribution < -0.4 is 5.32 Å². The van der Waals surface area contributed by atoms with Crippen molar-refractivity contribution < 1.29 is 34.4 Å². The van der Waals surface area contributed by atoms with E-state index in [0.717, 1.165) is 19.3 Å². The van der Waals surface area contributed by atoms with Crippen LogP contribution in [0.3, 0.4) is 0 Å². The zero-order valence-electron chi connectivity index (χ0n) is 24.0. The van der Waals surface area contributed by atoms with Gasteiger partial charge < -0.3 is 30.3 Å². The number of hydrogen-bond acceptors (Lipinski definition) is 7. The van der Waals surface area contributed by atoms with E-state index in [4.69, 9.17) is 4.74 Å². The number of hydrogen-bond donors (Lipinski definition) is 4. The number of rotatable bonds is 7. The molecule has 2 bridgehead atoms. The van der Waals surface area contributed by atoms with Gasteiger partial charge in [0, 0.05) is 18.4 Å². The number of aromatic hydroxyl groups is 2. The predicted octanol–water partition coefficient (Wildman–Crippen LogP) is 3.28. The van der Waals surface area contributed by atoms with Gasteiger partial charge in [0.25, 0.3) is 0 Å². The summed E-state index contributed by atoms with van der Waals surface area (Å²) in [4.78, 5) is 41.7. The van der Waals surface area contributed by atoms with Gasteiger partial charge in [-0.1, -0.05) is 47.6 Å². The molecule has 6 atom stereocenters. The third-order valence-corrected chi connectivity index (χ3v) is 9.95. The molecule has 4 rings (SSSR count). The van der Waals surface area contributed by atoms with E-state index in [2.05, 4.69) is 26.1 Å². The lowest BCUT2D eigenvalue weighted by molar-refractivity contribution is -0.165. The van der Waals surface area contributed by atoms with Crippen LogP contribution in [0.5, 0.6) is 11.5 Å². The lowest BCUT2D eigenvalue weighted by atomic mass is 9.70. The molecule has 9 nitrogen and oxygen atoms in total. The third-order valence-electron chi connectivity index (χ3n) is 9.95. The van der Waals surface area contributed by atoms with Gasteiger partial charge >= 0.3 is 5.97 Å². The first-order chi connectivity index (χ1) is 18.1. The van der Waals surface area contributed by atoms with Gasteiger partial charge in [-0.15, -0.1) is 0 Å². The van der Waals surface area contributed by atoms with Crippen molar-refractivity contribution in [2.24, 2.45) is 22.2 Å². The van der Waals surface area contributed by atoms with Crippen LogP contribution in [0.25, 0.3) is 0 Å². The average Bonchev–Trinajstić information content (AvgIpc) is 3.47. The monoisotopic (exact) mass is 544 g/mol. The quantitative estimate of drug-likeness (QED) is 0.305. The largest absolute Gasteiger partial charge is 0.504 e. The zero-order valence-corrected chi connectivity index (χ0v) is 24.0. The van der Waals surface area contributed by atoms with Gasteiger partial charge in [-0.05, 0) is 66.5 Å². The van der Waals surface area contributed by atoms with Gasteiger partial charge in [0.05, 0.1) is 0 Å². The molecule has 9 heteroatoms. The fourth-order valence-electron chi connectivity index (χ4n) is 6.87. The van der Waals surface area contributed by atoms with Gasteiger partial charge in [0.1, 0.15) is 24.3 Å². The van der Waals surface area contributed by atoms with E-state index in [-0.39, 0.29) is 46.7 Å². The van der Waals surface area contributed by atoms with Crippen molar-refractivity contribution in [1.82, 2.24) is 10.2 Å². The topological polar surface area (TPSA) is 136 Å². The van der Waals surface area contributed by atoms with Gasteiger partial charge in [-0.3, -0.25) is 9.59 Å². The van der Waals surface area contributed by atoms with E-state index in [0.29, 0.717) is 30.9 Å². The number of aliphatic hydroxyl groups is 1. The summed E-state index contributed by atoms with van der Waals surface area (Å²) in [5.41, 5.74) is -0.216. The van der Waals surface area contributed by atoms with Gasteiger partial charge in [0.15, 0.2) is 11.5 Å². The molecule has 0 spiro atoms. The number of carbonyl (C=O) groups is 3. The smallest absolute Gasteiger partial charge is 0.329 e. The minimum atomic E-state index is -1.48. The van der Waals surface area contributed by atoms with Gasteiger partial charge in [-0.25, -0.2) is 4.79 Å². The number of esters is 1. The highest BCUT2D eigenvalue weighted by molar-refractivity contribution is 5.92. The number of likely N-dealkylation sites (tertiary alicyclic amines) is 1. The van der Waals surface area contributed by atoms with Crippen molar-refractivity contribution in [1.29, 1.82) is 0 Å². The second-order valence-corrected chi connectivity index (χ2v) is 13.6. The van der Waals surface area contributed by atoms with Crippen molar-refractivity contribution in [3.63, 3.8) is 0 Å².